The van der Waals surface area contributed by atoms with E-state index in [0.717, 1.165) is 11.6 Å². The lowest BCUT2D eigenvalue weighted by atomic mass is 10.2. The molecule has 0 aliphatic heterocycles. The van der Waals surface area contributed by atoms with Gasteiger partial charge in [0.1, 0.15) is 18.1 Å². The SMILES string of the molecule is COc1ccc([N+](=O)[O-])cc1NS(=O)(=O)c1ccc(C(=O)NCCOc2ccc(C)cc2)cc1. The van der Waals surface area contributed by atoms with Crippen LogP contribution < -0.4 is 19.5 Å². The molecular formula is C23H23N3O7S. The Morgan fingerprint density at radius 3 is 2.32 bits per heavy atom. The topological polar surface area (TPSA) is 137 Å². The second-order valence-corrected chi connectivity index (χ2v) is 8.87. The van der Waals surface area contributed by atoms with Crippen LogP contribution in [0.15, 0.2) is 71.6 Å². The molecule has 0 fully saturated rings. The van der Waals surface area contributed by atoms with Crippen molar-refractivity contribution in [2.45, 2.75) is 11.8 Å². The van der Waals surface area contributed by atoms with E-state index in [1.54, 1.807) is 0 Å². The number of hydrogen-bond donors (Lipinski definition) is 2. The van der Waals surface area contributed by atoms with Gasteiger partial charge >= 0.3 is 0 Å². The molecule has 0 aromatic heterocycles. The second kappa shape index (κ2) is 10.7. The smallest absolute Gasteiger partial charge is 0.271 e. The normalized spacial score (nSPS) is 10.9. The number of amides is 1. The molecule has 3 aromatic carbocycles. The molecule has 0 aliphatic rings. The van der Waals surface area contributed by atoms with Crippen LogP contribution in [0.5, 0.6) is 11.5 Å². The number of benzene rings is 3. The zero-order valence-corrected chi connectivity index (χ0v) is 19.3. The Bertz CT molecular complexity index is 1270. The van der Waals surface area contributed by atoms with E-state index in [-0.39, 0.29) is 46.6 Å². The van der Waals surface area contributed by atoms with Gasteiger partial charge in [-0.25, -0.2) is 8.42 Å². The summed E-state index contributed by atoms with van der Waals surface area (Å²) in [5, 5.41) is 13.7. The fraction of sp³-hybridized carbons (Fsp3) is 0.174. The maximum absolute atomic E-state index is 12.7. The first-order chi connectivity index (χ1) is 16.2. The van der Waals surface area contributed by atoms with Crippen LogP contribution in [-0.2, 0) is 10.0 Å². The number of sulfonamides is 1. The number of nitro groups is 1. The number of carbonyl (C=O) groups is 1. The van der Waals surface area contributed by atoms with E-state index in [9.17, 15) is 23.3 Å². The number of aryl methyl sites for hydroxylation is 1. The van der Waals surface area contributed by atoms with Crippen molar-refractivity contribution in [3.05, 3.63) is 88.0 Å². The molecule has 0 radical (unpaired) electrons. The van der Waals surface area contributed by atoms with Gasteiger partial charge in [-0.2, -0.15) is 0 Å². The number of hydrogen-bond acceptors (Lipinski definition) is 7. The van der Waals surface area contributed by atoms with E-state index in [1.165, 1.54) is 43.5 Å². The standard InChI is InChI=1S/C23H23N3O7S/c1-16-3-8-19(9-4-16)33-14-13-24-23(27)17-5-10-20(11-6-17)34(30,31)25-21-15-18(26(28)29)7-12-22(21)32-2/h3-12,15,25H,13-14H2,1-2H3,(H,24,27). The summed E-state index contributed by atoms with van der Waals surface area (Å²) < 4.78 is 38.4. The Kier molecular flexibility index (Phi) is 7.69. The van der Waals surface area contributed by atoms with E-state index in [4.69, 9.17) is 9.47 Å². The minimum absolute atomic E-state index is 0.0768. The molecular weight excluding hydrogens is 462 g/mol. The van der Waals surface area contributed by atoms with Gasteiger partial charge in [-0.05, 0) is 49.4 Å². The first-order valence-corrected chi connectivity index (χ1v) is 11.6. The second-order valence-electron chi connectivity index (χ2n) is 7.19. The van der Waals surface area contributed by atoms with Crippen molar-refractivity contribution in [2.24, 2.45) is 0 Å². The maximum atomic E-state index is 12.7. The molecule has 3 rings (SSSR count). The van der Waals surface area contributed by atoms with Crippen LogP contribution in [-0.4, -0.2) is 39.5 Å². The molecule has 178 valence electrons. The van der Waals surface area contributed by atoms with E-state index in [2.05, 4.69) is 10.0 Å². The zero-order chi connectivity index (χ0) is 24.7. The largest absolute Gasteiger partial charge is 0.495 e. The van der Waals surface area contributed by atoms with Gasteiger partial charge in [0.2, 0.25) is 0 Å². The lowest BCUT2D eigenvalue weighted by molar-refractivity contribution is -0.384. The highest BCUT2D eigenvalue weighted by Gasteiger charge is 2.20. The minimum atomic E-state index is -4.09. The average molecular weight is 486 g/mol. The monoisotopic (exact) mass is 485 g/mol. The van der Waals surface area contributed by atoms with Crippen molar-refractivity contribution in [3.8, 4) is 11.5 Å². The molecule has 0 heterocycles. The average Bonchev–Trinajstić information content (AvgIpc) is 2.82. The van der Waals surface area contributed by atoms with Gasteiger partial charge in [0, 0.05) is 17.7 Å². The molecule has 3 aromatic rings. The molecule has 10 nitrogen and oxygen atoms in total. The van der Waals surface area contributed by atoms with Crippen molar-refractivity contribution in [3.63, 3.8) is 0 Å². The summed E-state index contributed by atoms with van der Waals surface area (Å²) >= 11 is 0. The number of carbonyl (C=O) groups excluding carboxylic acids is 1. The third-order valence-corrected chi connectivity index (χ3v) is 6.12. The van der Waals surface area contributed by atoms with Crippen molar-refractivity contribution in [1.82, 2.24) is 5.32 Å². The van der Waals surface area contributed by atoms with Crippen LogP contribution >= 0.6 is 0 Å². The number of nitro benzene ring substituents is 1. The van der Waals surface area contributed by atoms with Crippen LogP contribution in [0, 0.1) is 17.0 Å². The predicted molar refractivity (Wildman–Crippen MR) is 126 cm³/mol. The van der Waals surface area contributed by atoms with Crippen molar-refractivity contribution in [2.75, 3.05) is 25.0 Å². The van der Waals surface area contributed by atoms with Crippen molar-refractivity contribution in [1.29, 1.82) is 0 Å². The summed E-state index contributed by atoms with van der Waals surface area (Å²) in [4.78, 5) is 22.6. The third-order valence-electron chi connectivity index (χ3n) is 4.74. The first kappa shape index (κ1) is 24.5. The highest BCUT2D eigenvalue weighted by atomic mass is 32.2. The number of ether oxygens (including phenoxy) is 2. The van der Waals surface area contributed by atoms with Gasteiger partial charge in [0.05, 0.1) is 29.2 Å². The van der Waals surface area contributed by atoms with E-state index in [0.29, 0.717) is 5.75 Å². The third kappa shape index (κ3) is 6.23. The number of rotatable bonds is 10. The van der Waals surface area contributed by atoms with Crippen molar-refractivity contribution >= 4 is 27.3 Å². The lowest BCUT2D eigenvalue weighted by Crippen LogP contribution is -2.28. The predicted octanol–water partition coefficient (Wildman–Crippen LogP) is 3.52. The summed E-state index contributed by atoms with van der Waals surface area (Å²) in [7, 11) is -2.77. The van der Waals surface area contributed by atoms with Gasteiger partial charge in [-0.3, -0.25) is 19.6 Å². The molecule has 0 aliphatic carbocycles. The van der Waals surface area contributed by atoms with Gasteiger partial charge in [-0.15, -0.1) is 0 Å². The van der Waals surface area contributed by atoms with E-state index >= 15 is 0 Å². The Balaban J connectivity index is 1.61. The molecule has 0 spiro atoms. The van der Waals surface area contributed by atoms with Gasteiger partial charge in [0.25, 0.3) is 21.6 Å². The summed E-state index contributed by atoms with van der Waals surface area (Å²) in [6.07, 6.45) is 0. The molecule has 0 saturated carbocycles. The number of nitrogens with one attached hydrogen (secondary N) is 2. The van der Waals surface area contributed by atoms with Crippen LogP contribution in [0.1, 0.15) is 15.9 Å². The fourth-order valence-electron chi connectivity index (χ4n) is 2.95. The lowest BCUT2D eigenvalue weighted by Gasteiger charge is -2.12. The molecule has 11 heteroatoms. The summed E-state index contributed by atoms with van der Waals surface area (Å²) in [6, 6.07) is 16.4. The maximum Gasteiger partial charge on any atom is 0.271 e. The number of nitrogens with zero attached hydrogens (tertiary/aromatic N) is 1. The quantitative estimate of drug-likeness (QED) is 0.255. The van der Waals surface area contributed by atoms with Gasteiger partial charge < -0.3 is 14.8 Å². The highest BCUT2D eigenvalue weighted by Crippen LogP contribution is 2.30. The minimum Gasteiger partial charge on any atom is -0.495 e. The molecule has 0 atom stereocenters. The van der Waals surface area contributed by atoms with Crippen LogP contribution in [0.2, 0.25) is 0 Å². The molecule has 2 N–H and O–H groups in total. The summed E-state index contributed by atoms with van der Waals surface area (Å²) in [6.45, 7) is 2.51. The number of methoxy groups -OCH3 is 1. The van der Waals surface area contributed by atoms with Gasteiger partial charge in [0.15, 0.2) is 0 Å². The summed E-state index contributed by atoms with van der Waals surface area (Å²) in [5.41, 5.74) is 1.01. The van der Waals surface area contributed by atoms with Crippen LogP contribution in [0.4, 0.5) is 11.4 Å². The molecule has 0 unspecified atom stereocenters. The number of non-ortho nitro benzene ring substituents is 1. The van der Waals surface area contributed by atoms with E-state index < -0.39 is 14.9 Å². The molecule has 34 heavy (non-hydrogen) atoms. The van der Waals surface area contributed by atoms with Gasteiger partial charge in [-0.1, -0.05) is 17.7 Å². The Labute approximate surface area is 196 Å². The Hall–Kier alpha value is -4.12. The van der Waals surface area contributed by atoms with Crippen molar-refractivity contribution < 1.29 is 27.6 Å². The first-order valence-electron chi connectivity index (χ1n) is 10.1. The number of anilines is 1. The van der Waals surface area contributed by atoms with Crippen LogP contribution in [0.3, 0.4) is 0 Å². The van der Waals surface area contributed by atoms with E-state index in [1.807, 2.05) is 31.2 Å². The Morgan fingerprint density at radius 1 is 1.03 bits per heavy atom. The van der Waals surface area contributed by atoms with Crippen LogP contribution in [0.25, 0.3) is 0 Å². The fourth-order valence-corrected chi connectivity index (χ4v) is 4.01. The Morgan fingerprint density at radius 2 is 1.71 bits per heavy atom. The molecule has 0 saturated heterocycles. The molecule has 0 bridgehead atoms. The highest BCUT2D eigenvalue weighted by molar-refractivity contribution is 7.92. The zero-order valence-electron chi connectivity index (χ0n) is 18.5. The molecule has 1 amide bonds. The summed E-state index contributed by atoms with van der Waals surface area (Å²) in [5.74, 6) is 0.435.